The lowest BCUT2D eigenvalue weighted by atomic mass is 9.54. The van der Waals surface area contributed by atoms with Gasteiger partial charge in [0.1, 0.15) is 5.75 Å². The van der Waals surface area contributed by atoms with E-state index in [1.54, 1.807) is 18.2 Å². The van der Waals surface area contributed by atoms with Crippen molar-refractivity contribution in [1.29, 1.82) is 0 Å². The lowest BCUT2D eigenvalue weighted by Gasteiger charge is -2.52. The van der Waals surface area contributed by atoms with Crippen molar-refractivity contribution in [3.63, 3.8) is 0 Å². The first kappa shape index (κ1) is 13.9. The molecule has 1 aromatic carbocycles. The predicted octanol–water partition coefficient (Wildman–Crippen LogP) is 3.63. The summed E-state index contributed by atoms with van der Waals surface area (Å²) >= 11 is 0. The highest BCUT2D eigenvalue weighted by molar-refractivity contribution is 5.50. The van der Waals surface area contributed by atoms with E-state index in [4.69, 9.17) is 4.74 Å². The second-order valence-electron chi connectivity index (χ2n) is 6.93. The largest absolute Gasteiger partial charge is 0.497 e. The van der Waals surface area contributed by atoms with E-state index in [9.17, 15) is 0 Å². The molecule has 1 aromatic rings. The third-order valence-corrected chi connectivity index (χ3v) is 5.34. The number of benzene rings is 1. The Labute approximate surface area is 123 Å². The van der Waals surface area contributed by atoms with Gasteiger partial charge in [0.2, 0.25) is 0 Å². The number of hydrogen-bond donors (Lipinski definition) is 0. The van der Waals surface area contributed by atoms with Gasteiger partial charge < -0.3 is 9.64 Å². The average molecular weight is 273 g/mol. The predicted molar refractivity (Wildman–Crippen MR) is 83.5 cm³/mol. The van der Waals surface area contributed by atoms with E-state index < -0.39 is 0 Å². The van der Waals surface area contributed by atoms with E-state index in [0.29, 0.717) is 5.41 Å². The van der Waals surface area contributed by atoms with Crippen LogP contribution in [0.1, 0.15) is 43.2 Å². The van der Waals surface area contributed by atoms with E-state index in [2.05, 4.69) is 37.2 Å². The molecule has 2 heteroatoms. The second-order valence-corrected chi connectivity index (χ2v) is 6.93. The molecule has 20 heavy (non-hydrogen) atoms. The fraction of sp³-hybridized carbons (Fsp3) is 0.667. The van der Waals surface area contributed by atoms with Crippen LogP contribution in [0, 0.1) is 5.92 Å². The minimum atomic E-state index is 0.383. The molecule has 0 N–H and O–H groups in total. The molecule has 2 aliphatic rings. The number of fused-ring (bicyclic) bond motifs is 1. The summed E-state index contributed by atoms with van der Waals surface area (Å²) in [5, 5.41) is 0. The fourth-order valence-corrected chi connectivity index (χ4v) is 4.48. The van der Waals surface area contributed by atoms with Gasteiger partial charge in [-0.2, -0.15) is 0 Å². The minimum Gasteiger partial charge on any atom is -0.497 e. The van der Waals surface area contributed by atoms with E-state index in [0.717, 1.165) is 11.7 Å². The fourth-order valence-electron chi connectivity index (χ4n) is 4.48. The van der Waals surface area contributed by atoms with Gasteiger partial charge in [-0.15, -0.1) is 0 Å². The molecule has 0 aromatic heterocycles. The average Bonchev–Trinajstić information content (AvgIpc) is 2.45. The highest BCUT2D eigenvalue weighted by Crippen LogP contribution is 2.52. The van der Waals surface area contributed by atoms with Gasteiger partial charge in [-0.25, -0.2) is 0 Å². The molecule has 110 valence electrons. The smallest absolute Gasteiger partial charge is 0.119 e. The van der Waals surface area contributed by atoms with Crippen molar-refractivity contribution in [2.75, 3.05) is 27.7 Å². The van der Waals surface area contributed by atoms with Gasteiger partial charge in [-0.3, -0.25) is 0 Å². The zero-order valence-corrected chi connectivity index (χ0v) is 13.1. The maximum absolute atomic E-state index is 5.46. The maximum atomic E-state index is 5.46. The molecule has 1 unspecified atom stereocenters. The number of ether oxygens (including phenoxy) is 1. The summed E-state index contributed by atoms with van der Waals surface area (Å²) in [6.45, 7) is 1.18. The summed E-state index contributed by atoms with van der Waals surface area (Å²) in [6.07, 6.45) is 8.34. The normalized spacial score (nSPS) is 26.2. The minimum absolute atomic E-state index is 0.383. The molecule has 2 nitrogen and oxygen atoms in total. The first-order chi connectivity index (χ1) is 9.65. The summed E-state index contributed by atoms with van der Waals surface area (Å²) < 4.78 is 5.46. The summed E-state index contributed by atoms with van der Waals surface area (Å²) in [5.41, 5.74) is 3.49. The summed E-state index contributed by atoms with van der Waals surface area (Å²) in [7, 11) is 6.19. The number of nitrogens with zero attached hydrogens (tertiary/aromatic N) is 1. The molecule has 0 heterocycles. The highest BCUT2D eigenvalue weighted by Gasteiger charge is 2.48. The first-order valence-electron chi connectivity index (χ1n) is 7.98. The van der Waals surface area contributed by atoms with Gasteiger partial charge in [-0.1, -0.05) is 25.3 Å². The van der Waals surface area contributed by atoms with Gasteiger partial charge in [0.15, 0.2) is 0 Å². The van der Waals surface area contributed by atoms with Crippen molar-refractivity contribution < 1.29 is 4.74 Å². The third-order valence-electron chi connectivity index (χ3n) is 5.34. The molecule has 2 aliphatic carbocycles. The van der Waals surface area contributed by atoms with Gasteiger partial charge in [0.05, 0.1) is 7.11 Å². The van der Waals surface area contributed by atoms with Crippen LogP contribution in [-0.4, -0.2) is 32.6 Å². The Morgan fingerprint density at radius 1 is 1.20 bits per heavy atom. The molecule has 0 amide bonds. The van der Waals surface area contributed by atoms with Crippen molar-refractivity contribution in [3.8, 4) is 5.75 Å². The molecule has 0 aliphatic heterocycles. The molecule has 0 spiro atoms. The Hall–Kier alpha value is -1.02. The third kappa shape index (κ3) is 2.24. The quantitative estimate of drug-likeness (QED) is 0.830. The monoisotopic (exact) mass is 273 g/mol. The molecule has 0 bridgehead atoms. The molecule has 0 radical (unpaired) electrons. The second kappa shape index (κ2) is 5.40. The molecule has 1 fully saturated rings. The Kier molecular flexibility index (Phi) is 3.76. The standard InChI is InChI=1S/C18H27NO/c1-19(2)13-18(15-7-5-4-6-8-15)12-14-9-10-16(20-3)11-17(14)18/h9-11,15H,4-8,12-13H2,1-3H3. The van der Waals surface area contributed by atoms with Crippen molar-refractivity contribution in [2.45, 2.75) is 43.9 Å². The van der Waals surface area contributed by atoms with Crippen LogP contribution in [0.4, 0.5) is 0 Å². The van der Waals surface area contributed by atoms with Gasteiger partial charge in [0, 0.05) is 12.0 Å². The van der Waals surface area contributed by atoms with E-state index in [1.807, 2.05) is 0 Å². The molecule has 1 saturated carbocycles. The number of methoxy groups -OCH3 is 1. The first-order valence-corrected chi connectivity index (χ1v) is 7.98. The Morgan fingerprint density at radius 2 is 1.95 bits per heavy atom. The van der Waals surface area contributed by atoms with Crippen LogP contribution < -0.4 is 4.74 Å². The Balaban J connectivity index is 1.95. The lowest BCUT2D eigenvalue weighted by molar-refractivity contribution is 0.132. The van der Waals surface area contributed by atoms with Crippen LogP contribution in [-0.2, 0) is 11.8 Å². The van der Waals surface area contributed by atoms with Gasteiger partial charge >= 0.3 is 0 Å². The topological polar surface area (TPSA) is 12.5 Å². The number of hydrogen-bond acceptors (Lipinski definition) is 2. The van der Waals surface area contributed by atoms with Crippen molar-refractivity contribution in [1.82, 2.24) is 4.90 Å². The molecule has 1 atom stereocenters. The van der Waals surface area contributed by atoms with Gasteiger partial charge in [-0.05, 0) is 62.5 Å². The molecular formula is C18H27NO. The highest BCUT2D eigenvalue weighted by atomic mass is 16.5. The SMILES string of the molecule is COc1ccc2c(c1)C(CN(C)C)(C1CCCCC1)C2. The molecular weight excluding hydrogens is 246 g/mol. The van der Waals surface area contributed by atoms with Crippen LogP contribution >= 0.6 is 0 Å². The van der Waals surface area contributed by atoms with E-state index >= 15 is 0 Å². The van der Waals surface area contributed by atoms with Crippen molar-refractivity contribution in [3.05, 3.63) is 29.3 Å². The summed E-state index contributed by atoms with van der Waals surface area (Å²) in [5.74, 6) is 1.88. The van der Waals surface area contributed by atoms with Crippen LogP contribution in [0.15, 0.2) is 18.2 Å². The zero-order valence-electron chi connectivity index (χ0n) is 13.1. The Morgan fingerprint density at radius 3 is 2.60 bits per heavy atom. The van der Waals surface area contributed by atoms with E-state index in [1.165, 1.54) is 45.1 Å². The van der Waals surface area contributed by atoms with Crippen molar-refractivity contribution in [2.24, 2.45) is 5.92 Å². The molecule has 0 saturated heterocycles. The van der Waals surface area contributed by atoms with Crippen molar-refractivity contribution >= 4 is 0 Å². The summed E-state index contributed by atoms with van der Waals surface area (Å²) in [6, 6.07) is 6.68. The molecule has 3 rings (SSSR count). The maximum Gasteiger partial charge on any atom is 0.119 e. The zero-order chi connectivity index (χ0) is 14.2. The van der Waals surface area contributed by atoms with Crippen LogP contribution in [0.5, 0.6) is 5.75 Å². The van der Waals surface area contributed by atoms with Crippen LogP contribution in [0.3, 0.4) is 0 Å². The summed E-state index contributed by atoms with van der Waals surface area (Å²) in [4.78, 5) is 2.37. The van der Waals surface area contributed by atoms with E-state index in [-0.39, 0.29) is 0 Å². The van der Waals surface area contributed by atoms with Gasteiger partial charge in [0.25, 0.3) is 0 Å². The lowest BCUT2D eigenvalue weighted by Crippen LogP contribution is -2.52. The van der Waals surface area contributed by atoms with Crippen LogP contribution in [0.25, 0.3) is 0 Å². The Bertz CT molecular complexity index is 476. The number of likely N-dealkylation sites (N-methyl/N-ethyl adjacent to an activating group) is 1. The number of rotatable bonds is 4. The van der Waals surface area contributed by atoms with Crippen LogP contribution in [0.2, 0.25) is 0 Å².